The van der Waals surface area contributed by atoms with Crippen LogP contribution in [-0.2, 0) is 0 Å². The van der Waals surface area contributed by atoms with E-state index in [1.54, 1.807) is 0 Å². The molecule has 0 heterocycles. The molecule has 4 fully saturated rings. The van der Waals surface area contributed by atoms with Gasteiger partial charge < -0.3 is 10.2 Å². The second-order valence-corrected chi connectivity index (χ2v) is 7.65. The van der Waals surface area contributed by atoms with Gasteiger partial charge in [-0.3, -0.25) is 0 Å². The van der Waals surface area contributed by atoms with Gasteiger partial charge in [0.05, 0.1) is 0 Å². The van der Waals surface area contributed by atoms with E-state index < -0.39 is 11.2 Å². The van der Waals surface area contributed by atoms with Gasteiger partial charge in [-0.25, -0.2) is 0 Å². The predicted molar refractivity (Wildman–Crippen MR) is 110 cm³/mol. The Morgan fingerprint density at radius 2 is 0.750 bits per heavy atom. The van der Waals surface area contributed by atoms with Gasteiger partial charge in [0.25, 0.3) is 0 Å². The lowest BCUT2D eigenvalue weighted by atomic mass is 9.61. The molecule has 142 valence electrons. The largest absolute Gasteiger partial charge is 0.386 e. The van der Waals surface area contributed by atoms with Gasteiger partial charge >= 0.3 is 0 Å². The summed E-state index contributed by atoms with van der Waals surface area (Å²) in [5, 5.41) is 24.1. The Bertz CT molecular complexity index is 423. The van der Waals surface area contributed by atoms with Gasteiger partial charge in [0.1, 0.15) is 11.2 Å². The molecule has 4 saturated carbocycles. The lowest BCUT2D eigenvalue weighted by Crippen LogP contribution is -2.61. The Morgan fingerprint density at radius 1 is 0.464 bits per heavy atom. The molecular weight excluding hydrogens is 344 g/mol. The molecule has 0 amide bonds. The van der Waals surface area contributed by atoms with Gasteiger partial charge in [0, 0.05) is 11.8 Å². The first-order valence-corrected chi connectivity index (χ1v) is 9.92. The van der Waals surface area contributed by atoms with Crippen LogP contribution in [0.4, 0.5) is 0 Å². The molecule has 0 saturated heterocycles. The van der Waals surface area contributed by atoms with E-state index in [-0.39, 0.29) is 0 Å². The molecule has 4 aliphatic rings. The smallest absolute Gasteiger partial charge is 0.101 e. The minimum absolute atomic E-state index is 0.448. The van der Waals surface area contributed by atoms with Crippen molar-refractivity contribution < 1.29 is 10.2 Å². The minimum Gasteiger partial charge on any atom is -0.386 e. The minimum atomic E-state index is -1.38. The molecule has 4 aliphatic carbocycles. The normalized spacial score (nSPS) is 30.2. The van der Waals surface area contributed by atoms with Gasteiger partial charge in [-0.1, -0.05) is 0 Å². The highest BCUT2D eigenvalue weighted by Gasteiger charge is 2.58. The topological polar surface area (TPSA) is 40.5 Å². The molecule has 2 nitrogen and oxygen atoms in total. The van der Waals surface area contributed by atoms with Gasteiger partial charge in [-0.15, -0.1) is 0 Å². The van der Waals surface area contributed by atoms with Crippen LogP contribution in [0.3, 0.4) is 0 Å². The predicted octanol–water partition coefficient (Wildman–Crippen LogP) is 3.63. The van der Waals surface area contributed by atoms with E-state index in [1.165, 1.54) is 11.8 Å². The van der Waals surface area contributed by atoms with E-state index in [2.05, 4.69) is 25.7 Å². The van der Waals surface area contributed by atoms with Crippen molar-refractivity contribution in [3.05, 3.63) is 126 Å². The molecule has 2 atom stereocenters. The van der Waals surface area contributed by atoms with Crippen molar-refractivity contribution in [2.45, 2.75) is 36.9 Å². The first-order valence-electron chi connectivity index (χ1n) is 9.92. The fourth-order valence-corrected chi connectivity index (χ4v) is 4.29. The van der Waals surface area contributed by atoms with Crippen molar-refractivity contribution >= 4 is 0 Å². The van der Waals surface area contributed by atoms with Crippen LogP contribution in [0.1, 0.15) is 25.7 Å². The lowest BCUT2D eigenvalue weighted by molar-refractivity contribution is -0.133. The molecule has 0 bridgehead atoms. The molecule has 2 N–H and O–H groups in total. The van der Waals surface area contributed by atoms with E-state index in [9.17, 15) is 10.2 Å². The summed E-state index contributed by atoms with van der Waals surface area (Å²) >= 11 is 0. The SMILES string of the molecule is OC(CC[C]1[CH][CH][CH][CH]1)([C]1[CH][CH][CH][CH]1)C(O)(CC[C]1[CH][CH][CH][CH]1)[C]1[CH][CH][CH][CH]1. The van der Waals surface area contributed by atoms with Crippen LogP contribution >= 0.6 is 0 Å². The second-order valence-electron chi connectivity index (χ2n) is 7.65. The molecule has 4 rings (SSSR count). The third kappa shape index (κ3) is 4.34. The van der Waals surface area contributed by atoms with Gasteiger partial charge in [0.15, 0.2) is 0 Å². The van der Waals surface area contributed by atoms with Crippen molar-refractivity contribution in [2.75, 3.05) is 0 Å². The van der Waals surface area contributed by atoms with Crippen LogP contribution in [0, 0.1) is 126 Å². The Balaban J connectivity index is 1.54. The first-order chi connectivity index (χ1) is 13.6. The number of rotatable bonds is 9. The van der Waals surface area contributed by atoms with Gasteiger partial charge in [-0.2, -0.15) is 0 Å². The summed E-state index contributed by atoms with van der Waals surface area (Å²) in [6.45, 7) is 0. The molecule has 2 unspecified atom stereocenters. The highest BCUT2D eigenvalue weighted by atomic mass is 16.4. The van der Waals surface area contributed by atoms with E-state index in [0.29, 0.717) is 25.7 Å². The maximum Gasteiger partial charge on any atom is 0.101 e. The Morgan fingerprint density at radius 3 is 1.07 bits per heavy atom. The van der Waals surface area contributed by atoms with Crippen LogP contribution in [0.2, 0.25) is 0 Å². The van der Waals surface area contributed by atoms with E-state index in [0.717, 1.165) is 11.8 Å². The van der Waals surface area contributed by atoms with Crippen molar-refractivity contribution in [2.24, 2.45) is 0 Å². The summed E-state index contributed by atoms with van der Waals surface area (Å²) in [6.07, 6.45) is 34.0. The average Bonchev–Trinajstić information content (AvgIpc) is 3.53. The third-order valence-electron chi connectivity index (χ3n) is 5.98. The Labute approximate surface area is 173 Å². The second kappa shape index (κ2) is 9.38. The first kappa shape index (κ1) is 21.2. The zero-order valence-electron chi connectivity index (χ0n) is 16.0. The summed E-state index contributed by atoms with van der Waals surface area (Å²) in [7, 11) is 0. The fourth-order valence-electron chi connectivity index (χ4n) is 4.29. The Hall–Kier alpha value is -0.0800. The zero-order valence-corrected chi connectivity index (χ0v) is 16.0. The maximum atomic E-state index is 12.0. The third-order valence-corrected chi connectivity index (χ3v) is 5.98. The Kier molecular flexibility index (Phi) is 7.09. The zero-order chi connectivity index (χ0) is 19.5. The monoisotopic (exact) mass is 370 g/mol. The van der Waals surface area contributed by atoms with Gasteiger partial charge in [0.2, 0.25) is 0 Å². The van der Waals surface area contributed by atoms with Crippen LogP contribution in [0.5, 0.6) is 0 Å². The van der Waals surface area contributed by atoms with Crippen molar-refractivity contribution in [1.82, 2.24) is 0 Å². The van der Waals surface area contributed by atoms with Crippen LogP contribution in [0.15, 0.2) is 0 Å². The summed E-state index contributed by atoms with van der Waals surface area (Å²) in [5.74, 6) is 3.88. The molecule has 28 heavy (non-hydrogen) atoms. The molecule has 0 aromatic carbocycles. The van der Waals surface area contributed by atoms with Crippen LogP contribution in [0.25, 0.3) is 0 Å². The standard InChI is InChI=1S/C26H26O2/c27-25(23-13-5-6-14-23,19-17-21-9-1-2-10-21)26(28,24-15-7-8-16-24)20-18-22-11-3-4-12-22/h1-16,27-28H,17-20H2. The summed E-state index contributed by atoms with van der Waals surface area (Å²) in [4.78, 5) is 0. The summed E-state index contributed by atoms with van der Waals surface area (Å²) in [5.41, 5.74) is -2.76. The van der Waals surface area contributed by atoms with Crippen molar-refractivity contribution in [3.63, 3.8) is 0 Å². The van der Waals surface area contributed by atoms with Crippen LogP contribution in [-0.4, -0.2) is 21.4 Å². The average molecular weight is 370 g/mol. The lowest BCUT2D eigenvalue weighted by Gasteiger charge is -2.51. The molecular formula is C26H26O2. The molecule has 0 aromatic rings. The van der Waals surface area contributed by atoms with Crippen molar-refractivity contribution in [1.29, 1.82) is 0 Å². The highest BCUT2D eigenvalue weighted by molar-refractivity contribution is 5.51. The molecule has 20 radical (unpaired) electrons. The molecule has 0 spiro atoms. The van der Waals surface area contributed by atoms with E-state index in [1.807, 2.05) is 77.0 Å². The number of aliphatic hydroxyl groups is 2. The number of hydrogen-bond acceptors (Lipinski definition) is 2. The highest BCUT2D eigenvalue weighted by Crippen LogP contribution is 2.53. The number of hydrogen-bond donors (Lipinski definition) is 2. The van der Waals surface area contributed by atoms with E-state index >= 15 is 0 Å². The fraction of sp³-hybridized carbons (Fsp3) is 0.231. The van der Waals surface area contributed by atoms with Crippen molar-refractivity contribution in [3.8, 4) is 0 Å². The van der Waals surface area contributed by atoms with E-state index in [4.69, 9.17) is 0 Å². The summed E-state index contributed by atoms with van der Waals surface area (Å²) in [6, 6.07) is 0. The molecule has 2 heteroatoms. The van der Waals surface area contributed by atoms with Gasteiger partial charge in [-0.05, 0) is 140 Å². The molecule has 0 aliphatic heterocycles. The quantitative estimate of drug-likeness (QED) is 0.651. The maximum absolute atomic E-state index is 12.0. The van der Waals surface area contributed by atoms with Crippen LogP contribution < -0.4 is 0 Å². The molecule has 0 aromatic heterocycles. The summed E-state index contributed by atoms with van der Waals surface area (Å²) < 4.78 is 0.